The van der Waals surface area contributed by atoms with Crippen LogP contribution in [0.25, 0.3) is 11.1 Å². The molecule has 0 fully saturated rings. The maximum absolute atomic E-state index is 12.6. The molecule has 1 aliphatic carbocycles. The molecule has 2 amide bonds. The summed E-state index contributed by atoms with van der Waals surface area (Å²) in [6.07, 6.45) is 0.214. The molecule has 0 aliphatic heterocycles. The van der Waals surface area contributed by atoms with E-state index in [-0.39, 0.29) is 18.6 Å². The van der Waals surface area contributed by atoms with Crippen molar-refractivity contribution in [3.63, 3.8) is 0 Å². The third-order valence-corrected chi connectivity index (χ3v) is 5.81. The average molecular weight is 517 g/mol. The van der Waals surface area contributed by atoms with Crippen molar-refractivity contribution in [1.29, 1.82) is 0 Å². The lowest BCUT2D eigenvalue weighted by atomic mass is 9.98. The fraction of sp³-hybridized carbons (Fsp3) is 0.444. The van der Waals surface area contributed by atoms with Crippen molar-refractivity contribution in [3.8, 4) is 11.1 Å². The molecule has 3 rings (SSSR count). The van der Waals surface area contributed by atoms with Crippen LogP contribution in [0, 0.1) is 0 Å². The van der Waals surface area contributed by atoms with Crippen molar-refractivity contribution in [2.45, 2.75) is 57.6 Å². The van der Waals surface area contributed by atoms with Crippen LogP contribution in [0.5, 0.6) is 0 Å². The summed E-state index contributed by atoms with van der Waals surface area (Å²) in [5.41, 5.74) is 3.88. The van der Waals surface area contributed by atoms with E-state index in [2.05, 4.69) is 22.8 Å². The number of carbonyl (C=O) groups excluding carboxylic acids is 3. The highest BCUT2D eigenvalue weighted by atomic mass is 35.5. The Hall–Kier alpha value is -3.26. The SMILES string of the molecule is CC(C)(C)OC(=O)NCCCCC(NC(=O)OCC1c2ccccc2-c2ccccc21)C(=O)OCCl. The summed E-state index contributed by atoms with van der Waals surface area (Å²) in [4.78, 5) is 36.7. The summed E-state index contributed by atoms with van der Waals surface area (Å²) in [6.45, 7) is 5.87. The molecule has 2 aromatic carbocycles. The van der Waals surface area contributed by atoms with Gasteiger partial charge in [0, 0.05) is 12.5 Å². The van der Waals surface area contributed by atoms with Crippen LogP contribution in [0.1, 0.15) is 57.1 Å². The monoisotopic (exact) mass is 516 g/mol. The zero-order valence-electron chi connectivity index (χ0n) is 20.8. The van der Waals surface area contributed by atoms with E-state index in [1.807, 2.05) is 36.4 Å². The minimum atomic E-state index is -0.916. The van der Waals surface area contributed by atoms with Gasteiger partial charge >= 0.3 is 18.2 Å². The minimum absolute atomic E-state index is 0.0877. The van der Waals surface area contributed by atoms with Crippen LogP contribution in [0.3, 0.4) is 0 Å². The molecular formula is C27H33ClN2O6. The van der Waals surface area contributed by atoms with Gasteiger partial charge in [-0.2, -0.15) is 0 Å². The van der Waals surface area contributed by atoms with Gasteiger partial charge in [0.1, 0.15) is 18.2 Å². The number of esters is 1. The van der Waals surface area contributed by atoms with Crippen LogP contribution in [0.15, 0.2) is 48.5 Å². The summed E-state index contributed by atoms with van der Waals surface area (Å²) >= 11 is 5.54. The molecule has 0 radical (unpaired) electrons. The molecule has 2 aromatic rings. The van der Waals surface area contributed by atoms with Crippen LogP contribution in [0.2, 0.25) is 0 Å². The second-order valence-electron chi connectivity index (χ2n) is 9.52. The van der Waals surface area contributed by atoms with Crippen molar-refractivity contribution in [3.05, 3.63) is 59.7 Å². The third-order valence-electron chi connectivity index (χ3n) is 5.70. The summed E-state index contributed by atoms with van der Waals surface area (Å²) in [7, 11) is 0. The number of alkyl carbamates (subject to hydrolysis) is 2. The number of nitrogens with one attached hydrogen (secondary N) is 2. The number of halogens is 1. The molecule has 2 N–H and O–H groups in total. The summed E-state index contributed by atoms with van der Waals surface area (Å²) in [5, 5.41) is 5.26. The number of amides is 2. The quantitative estimate of drug-likeness (QED) is 0.191. The van der Waals surface area contributed by atoms with Crippen LogP contribution in [0.4, 0.5) is 9.59 Å². The Morgan fingerprint density at radius 3 is 2.11 bits per heavy atom. The smallest absolute Gasteiger partial charge is 0.407 e. The van der Waals surface area contributed by atoms with Gasteiger partial charge in [0.25, 0.3) is 0 Å². The van der Waals surface area contributed by atoms with Crippen molar-refractivity contribution in [2.24, 2.45) is 0 Å². The van der Waals surface area contributed by atoms with Gasteiger partial charge in [0.05, 0.1) is 0 Å². The molecule has 1 aliphatic rings. The Labute approximate surface area is 216 Å². The van der Waals surface area contributed by atoms with Gasteiger partial charge in [-0.1, -0.05) is 60.1 Å². The lowest BCUT2D eigenvalue weighted by Crippen LogP contribution is -2.42. The first kappa shape index (κ1) is 27.3. The molecule has 0 aromatic heterocycles. The summed E-state index contributed by atoms with van der Waals surface area (Å²) in [5.74, 6) is -0.728. The Balaban J connectivity index is 1.51. The first-order chi connectivity index (χ1) is 17.2. The van der Waals surface area contributed by atoms with Gasteiger partial charge < -0.3 is 24.8 Å². The molecule has 0 heterocycles. The maximum atomic E-state index is 12.6. The Morgan fingerprint density at radius 1 is 0.917 bits per heavy atom. The topological polar surface area (TPSA) is 103 Å². The largest absolute Gasteiger partial charge is 0.449 e. The summed E-state index contributed by atoms with van der Waals surface area (Å²) < 4.78 is 15.6. The van der Waals surface area contributed by atoms with E-state index in [9.17, 15) is 14.4 Å². The third kappa shape index (κ3) is 7.62. The average Bonchev–Trinajstić information content (AvgIpc) is 3.14. The fourth-order valence-electron chi connectivity index (χ4n) is 4.16. The number of benzene rings is 2. The van der Waals surface area contributed by atoms with E-state index in [0.29, 0.717) is 25.8 Å². The van der Waals surface area contributed by atoms with Crippen molar-refractivity contribution >= 4 is 29.8 Å². The highest BCUT2D eigenvalue weighted by Gasteiger charge is 2.30. The lowest BCUT2D eigenvalue weighted by molar-refractivity contribution is -0.144. The number of carbonyl (C=O) groups is 3. The number of rotatable bonds is 10. The van der Waals surface area contributed by atoms with Crippen molar-refractivity contribution < 1.29 is 28.6 Å². The van der Waals surface area contributed by atoms with Gasteiger partial charge in [-0.15, -0.1) is 0 Å². The van der Waals surface area contributed by atoms with Crippen molar-refractivity contribution in [1.82, 2.24) is 10.6 Å². The van der Waals surface area contributed by atoms with Crippen LogP contribution in [-0.2, 0) is 19.0 Å². The number of unbranched alkanes of at least 4 members (excludes halogenated alkanes) is 1. The first-order valence-electron chi connectivity index (χ1n) is 12.0. The highest BCUT2D eigenvalue weighted by Crippen LogP contribution is 2.44. The number of hydrogen-bond donors (Lipinski definition) is 2. The zero-order valence-corrected chi connectivity index (χ0v) is 21.6. The van der Waals surface area contributed by atoms with Gasteiger partial charge in [-0.3, -0.25) is 0 Å². The molecule has 194 valence electrons. The number of alkyl halides is 1. The lowest BCUT2D eigenvalue weighted by Gasteiger charge is -2.20. The normalized spacial score (nSPS) is 13.2. The van der Waals surface area contributed by atoms with Crippen LogP contribution < -0.4 is 10.6 Å². The van der Waals surface area contributed by atoms with Crippen molar-refractivity contribution in [2.75, 3.05) is 19.2 Å². The zero-order chi connectivity index (χ0) is 26.1. The Kier molecular flexibility index (Phi) is 9.58. The number of fused-ring (bicyclic) bond motifs is 3. The predicted molar refractivity (Wildman–Crippen MR) is 137 cm³/mol. The van der Waals surface area contributed by atoms with Gasteiger partial charge in [0.2, 0.25) is 0 Å². The van der Waals surface area contributed by atoms with E-state index in [4.69, 9.17) is 25.8 Å². The van der Waals surface area contributed by atoms with E-state index >= 15 is 0 Å². The Morgan fingerprint density at radius 2 is 1.53 bits per heavy atom. The number of hydrogen-bond acceptors (Lipinski definition) is 6. The van der Waals surface area contributed by atoms with Gasteiger partial charge in [-0.05, 0) is 62.3 Å². The molecule has 8 nitrogen and oxygen atoms in total. The van der Waals surface area contributed by atoms with Crippen LogP contribution >= 0.6 is 11.6 Å². The van der Waals surface area contributed by atoms with Crippen LogP contribution in [-0.4, -0.2) is 49.0 Å². The number of ether oxygens (including phenoxy) is 3. The predicted octanol–water partition coefficient (Wildman–Crippen LogP) is 5.33. The fourth-order valence-corrected chi connectivity index (χ4v) is 4.27. The molecule has 0 saturated heterocycles. The van der Waals surface area contributed by atoms with E-state index in [0.717, 1.165) is 22.3 Å². The molecule has 1 unspecified atom stereocenters. The first-order valence-corrected chi connectivity index (χ1v) is 12.5. The van der Waals surface area contributed by atoms with E-state index < -0.39 is 29.8 Å². The molecule has 0 saturated carbocycles. The molecule has 36 heavy (non-hydrogen) atoms. The van der Waals surface area contributed by atoms with E-state index in [1.54, 1.807) is 20.8 Å². The second kappa shape index (κ2) is 12.6. The highest BCUT2D eigenvalue weighted by molar-refractivity contribution is 6.17. The Bertz CT molecular complexity index is 1020. The molecule has 1 atom stereocenters. The van der Waals surface area contributed by atoms with E-state index in [1.165, 1.54) is 0 Å². The second-order valence-corrected chi connectivity index (χ2v) is 9.74. The summed E-state index contributed by atoms with van der Waals surface area (Å²) in [6, 6.07) is 14.9. The molecule has 0 bridgehead atoms. The molecular weight excluding hydrogens is 484 g/mol. The maximum Gasteiger partial charge on any atom is 0.407 e. The van der Waals surface area contributed by atoms with Gasteiger partial charge in [-0.25, -0.2) is 14.4 Å². The van der Waals surface area contributed by atoms with Gasteiger partial charge in [0.15, 0.2) is 6.07 Å². The standard InChI is InChI=1S/C27H33ClN2O6/c1-27(2,3)36-25(32)29-15-9-8-14-23(24(31)35-17-28)30-26(33)34-16-22-20-12-6-4-10-18(20)19-11-5-7-13-21(19)22/h4-7,10-13,22-23H,8-9,14-17H2,1-3H3,(H,29,32)(H,30,33). The molecule has 0 spiro atoms. The minimum Gasteiger partial charge on any atom is -0.449 e. The molecule has 9 heteroatoms.